The number of hydrogen-bond acceptors (Lipinski definition) is 4. The Kier molecular flexibility index (Phi) is 3.23. The number of aryl methyl sites for hydroxylation is 2. The highest BCUT2D eigenvalue weighted by Gasteiger charge is 2.07. The van der Waals surface area contributed by atoms with Crippen molar-refractivity contribution in [1.29, 1.82) is 0 Å². The minimum atomic E-state index is -1.11. The molecule has 2 rings (SSSR count). The molecule has 0 spiro atoms. The zero-order valence-corrected chi connectivity index (χ0v) is 10.0. The largest absolute Gasteiger partial charge is 0.476 e. The number of hydrogen-bond donors (Lipinski definition) is 1. The van der Waals surface area contributed by atoms with E-state index < -0.39 is 5.97 Å². The van der Waals surface area contributed by atoms with Gasteiger partial charge in [-0.1, -0.05) is 12.1 Å². The van der Waals surface area contributed by atoms with E-state index >= 15 is 0 Å². The van der Waals surface area contributed by atoms with E-state index in [9.17, 15) is 4.79 Å². The third kappa shape index (κ3) is 2.63. The summed E-state index contributed by atoms with van der Waals surface area (Å²) < 4.78 is 5.56. The second kappa shape index (κ2) is 4.83. The number of carboxylic acid groups (broad SMARTS) is 1. The lowest BCUT2D eigenvalue weighted by atomic mass is 10.1. The fraction of sp³-hybridized carbons (Fsp3) is 0.154. The van der Waals surface area contributed by atoms with Crippen molar-refractivity contribution in [3.05, 3.63) is 47.2 Å². The van der Waals surface area contributed by atoms with Crippen molar-refractivity contribution in [2.45, 2.75) is 13.8 Å². The summed E-state index contributed by atoms with van der Waals surface area (Å²) in [6.07, 6.45) is 0. The summed E-state index contributed by atoms with van der Waals surface area (Å²) in [5.41, 5.74) is 1.94. The Labute approximate surface area is 104 Å². The molecule has 5 nitrogen and oxygen atoms in total. The Morgan fingerprint density at radius 1 is 1.17 bits per heavy atom. The molecule has 1 aromatic heterocycles. The topological polar surface area (TPSA) is 72.3 Å². The monoisotopic (exact) mass is 244 g/mol. The molecule has 0 radical (unpaired) electrons. The molecule has 0 aliphatic carbocycles. The van der Waals surface area contributed by atoms with Crippen LogP contribution in [0.1, 0.15) is 21.6 Å². The summed E-state index contributed by atoms with van der Waals surface area (Å²) in [5, 5.41) is 16.0. The first-order valence-electron chi connectivity index (χ1n) is 5.38. The maximum atomic E-state index is 10.6. The molecule has 0 saturated heterocycles. The SMILES string of the molecule is Cc1ccc(C)c(Oc2ccc(C(=O)O)nn2)c1. The van der Waals surface area contributed by atoms with Crippen molar-refractivity contribution in [3.63, 3.8) is 0 Å². The lowest BCUT2D eigenvalue weighted by Crippen LogP contribution is -2.02. The number of ether oxygens (including phenoxy) is 1. The fourth-order valence-electron chi connectivity index (χ4n) is 1.42. The van der Waals surface area contributed by atoms with E-state index in [1.165, 1.54) is 12.1 Å². The zero-order valence-electron chi connectivity index (χ0n) is 10.0. The molecule has 0 atom stereocenters. The van der Waals surface area contributed by atoms with Gasteiger partial charge in [-0.2, -0.15) is 0 Å². The maximum absolute atomic E-state index is 10.6. The zero-order chi connectivity index (χ0) is 13.1. The molecular weight excluding hydrogens is 232 g/mol. The van der Waals surface area contributed by atoms with E-state index in [0.29, 0.717) is 5.75 Å². The molecule has 0 fully saturated rings. The molecule has 1 aromatic carbocycles. The van der Waals surface area contributed by atoms with Crippen LogP contribution in [0.5, 0.6) is 11.6 Å². The molecule has 0 unspecified atom stereocenters. The Morgan fingerprint density at radius 3 is 2.56 bits per heavy atom. The predicted molar refractivity (Wildman–Crippen MR) is 65.0 cm³/mol. The van der Waals surface area contributed by atoms with Crippen LogP contribution >= 0.6 is 0 Å². The Balaban J connectivity index is 2.23. The molecule has 0 aliphatic rings. The van der Waals surface area contributed by atoms with Gasteiger partial charge in [0, 0.05) is 6.07 Å². The molecule has 1 N–H and O–H groups in total. The Bertz CT molecular complexity index is 579. The van der Waals surface area contributed by atoms with Gasteiger partial charge in [0.2, 0.25) is 5.88 Å². The van der Waals surface area contributed by atoms with Crippen molar-refractivity contribution in [2.24, 2.45) is 0 Å². The number of rotatable bonds is 3. The van der Waals surface area contributed by atoms with Crippen molar-refractivity contribution in [2.75, 3.05) is 0 Å². The highest BCUT2D eigenvalue weighted by atomic mass is 16.5. The minimum Gasteiger partial charge on any atom is -0.476 e. The summed E-state index contributed by atoms with van der Waals surface area (Å²) in [4.78, 5) is 10.6. The molecule has 0 aliphatic heterocycles. The van der Waals surface area contributed by atoms with Crippen molar-refractivity contribution in [3.8, 4) is 11.6 Å². The van der Waals surface area contributed by atoms with E-state index in [0.717, 1.165) is 11.1 Å². The number of aromatic nitrogens is 2. The summed E-state index contributed by atoms with van der Waals surface area (Å²) in [7, 11) is 0. The Hall–Kier alpha value is -2.43. The van der Waals surface area contributed by atoms with E-state index in [1.54, 1.807) is 0 Å². The number of aromatic carboxylic acids is 1. The van der Waals surface area contributed by atoms with Gasteiger partial charge in [-0.15, -0.1) is 10.2 Å². The van der Waals surface area contributed by atoms with Gasteiger partial charge < -0.3 is 9.84 Å². The predicted octanol–water partition coefficient (Wildman–Crippen LogP) is 2.58. The molecule has 0 bridgehead atoms. The van der Waals surface area contributed by atoms with Crippen LogP contribution in [0.15, 0.2) is 30.3 Å². The summed E-state index contributed by atoms with van der Waals surface area (Å²) in [6.45, 7) is 3.89. The first-order chi connectivity index (χ1) is 8.56. The first-order valence-corrected chi connectivity index (χ1v) is 5.38. The molecule has 5 heteroatoms. The van der Waals surface area contributed by atoms with Crippen molar-refractivity contribution >= 4 is 5.97 Å². The van der Waals surface area contributed by atoms with Crippen LogP contribution in [-0.2, 0) is 0 Å². The third-order valence-electron chi connectivity index (χ3n) is 2.42. The fourth-order valence-corrected chi connectivity index (χ4v) is 1.42. The van der Waals surface area contributed by atoms with Crippen molar-refractivity contribution < 1.29 is 14.6 Å². The van der Waals surface area contributed by atoms with Crippen LogP contribution < -0.4 is 4.74 Å². The van der Waals surface area contributed by atoms with E-state index in [4.69, 9.17) is 9.84 Å². The number of nitrogens with zero attached hydrogens (tertiary/aromatic N) is 2. The van der Waals surface area contributed by atoms with Gasteiger partial charge in [0.05, 0.1) is 0 Å². The van der Waals surface area contributed by atoms with Crippen LogP contribution in [0.3, 0.4) is 0 Å². The van der Waals surface area contributed by atoms with Gasteiger partial charge in [0.15, 0.2) is 5.69 Å². The molecule has 92 valence electrons. The lowest BCUT2D eigenvalue weighted by Gasteiger charge is -2.08. The lowest BCUT2D eigenvalue weighted by molar-refractivity contribution is 0.0689. The van der Waals surface area contributed by atoms with Gasteiger partial charge >= 0.3 is 5.97 Å². The molecule has 0 amide bonds. The van der Waals surface area contributed by atoms with Crippen LogP contribution in [0.25, 0.3) is 0 Å². The van der Waals surface area contributed by atoms with Crippen LogP contribution in [0.2, 0.25) is 0 Å². The number of benzene rings is 1. The summed E-state index contributed by atoms with van der Waals surface area (Å²) >= 11 is 0. The summed E-state index contributed by atoms with van der Waals surface area (Å²) in [6, 6.07) is 8.67. The van der Waals surface area contributed by atoms with Gasteiger partial charge in [-0.3, -0.25) is 0 Å². The second-order valence-corrected chi connectivity index (χ2v) is 3.93. The van der Waals surface area contributed by atoms with Crippen LogP contribution in [-0.4, -0.2) is 21.3 Å². The highest BCUT2D eigenvalue weighted by Crippen LogP contribution is 2.24. The molecule has 0 saturated carbocycles. The average molecular weight is 244 g/mol. The van der Waals surface area contributed by atoms with E-state index in [1.807, 2.05) is 32.0 Å². The van der Waals surface area contributed by atoms with E-state index in [2.05, 4.69) is 10.2 Å². The maximum Gasteiger partial charge on any atom is 0.356 e. The normalized spacial score (nSPS) is 10.1. The molecule has 1 heterocycles. The van der Waals surface area contributed by atoms with Gasteiger partial charge in [-0.05, 0) is 37.1 Å². The smallest absolute Gasteiger partial charge is 0.356 e. The molecule has 18 heavy (non-hydrogen) atoms. The first kappa shape index (κ1) is 12.0. The Morgan fingerprint density at radius 2 is 1.94 bits per heavy atom. The van der Waals surface area contributed by atoms with Crippen LogP contribution in [0, 0.1) is 13.8 Å². The highest BCUT2D eigenvalue weighted by molar-refractivity contribution is 5.84. The van der Waals surface area contributed by atoms with Gasteiger partial charge in [0.25, 0.3) is 0 Å². The minimum absolute atomic E-state index is 0.108. The number of carboxylic acids is 1. The second-order valence-electron chi connectivity index (χ2n) is 3.93. The molecular formula is C13H12N2O3. The van der Waals surface area contributed by atoms with Gasteiger partial charge in [0.1, 0.15) is 5.75 Å². The summed E-state index contributed by atoms with van der Waals surface area (Å²) in [5.74, 6) is -0.151. The van der Waals surface area contributed by atoms with Crippen LogP contribution in [0.4, 0.5) is 0 Å². The number of carbonyl (C=O) groups is 1. The standard InChI is InChI=1S/C13H12N2O3/c1-8-3-4-9(2)11(7-8)18-12-6-5-10(13(16)17)14-15-12/h3-7H,1-2H3,(H,16,17). The quantitative estimate of drug-likeness (QED) is 0.898. The third-order valence-corrected chi connectivity index (χ3v) is 2.42. The average Bonchev–Trinajstić information content (AvgIpc) is 2.34. The van der Waals surface area contributed by atoms with Gasteiger partial charge in [-0.25, -0.2) is 4.79 Å². The van der Waals surface area contributed by atoms with Crippen molar-refractivity contribution in [1.82, 2.24) is 10.2 Å². The van der Waals surface area contributed by atoms with E-state index in [-0.39, 0.29) is 11.6 Å². The molecule has 2 aromatic rings.